The van der Waals surface area contributed by atoms with Crippen LogP contribution in [0.15, 0.2) is 23.6 Å². The van der Waals surface area contributed by atoms with Crippen molar-refractivity contribution in [3.05, 3.63) is 39.8 Å². The third-order valence-corrected chi connectivity index (χ3v) is 3.59. The highest BCUT2D eigenvalue weighted by atomic mass is 32.1. The molecule has 20 heavy (non-hydrogen) atoms. The first-order valence-electron chi connectivity index (χ1n) is 6.12. The predicted octanol–water partition coefficient (Wildman–Crippen LogP) is 2.46. The number of nitrogens with zero attached hydrogens (tertiary/aromatic N) is 2. The molecule has 0 aliphatic heterocycles. The van der Waals surface area contributed by atoms with Crippen LogP contribution in [-0.4, -0.2) is 25.0 Å². The van der Waals surface area contributed by atoms with Gasteiger partial charge in [-0.25, -0.2) is 9.78 Å². The molecule has 1 heterocycles. The summed E-state index contributed by atoms with van der Waals surface area (Å²) in [5, 5.41) is 2.84. The van der Waals surface area contributed by atoms with Gasteiger partial charge in [0.05, 0.1) is 27.6 Å². The number of thiazole rings is 1. The molecule has 6 heteroatoms. The van der Waals surface area contributed by atoms with E-state index in [1.165, 1.54) is 11.3 Å². The van der Waals surface area contributed by atoms with Crippen LogP contribution < -0.4 is 10.6 Å². The van der Waals surface area contributed by atoms with Crippen molar-refractivity contribution >= 4 is 28.7 Å². The van der Waals surface area contributed by atoms with Crippen LogP contribution in [-0.2, 0) is 11.3 Å². The van der Waals surface area contributed by atoms with E-state index in [4.69, 9.17) is 10.5 Å². The maximum atomic E-state index is 11.9. The minimum absolute atomic E-state index is 0.179. The lowest BCUT2D eigenvalue weighted by Gasteiger charge is -2.15. The average Bonchev–Trinajstić information content (AvgIpc) is 2.81. The Morgan fingerprint density at radius 2 is 2.20 bits per heavy atom. The van der Waals surface area contributed by atoms with Crippen LogP contribution >= 0.6 is 11.3 Å². The molecule has 0 amide bonds. The molecule has 106 valence electrons. The van der Waals surface area contributed by atoms with Gasteiger partial charge in [0.25, 0.3) is 0 Å². The molecule has 0 unspecified atom stereocenters. The Balaban J connectivity index is 2.04. The Morgan fingerprint density at radius 3 is 2.75 bits per heavy atom. The topological polar surface area (TPSA) is 68.5 Å². The van der Waals surface area contributed by atoms with E-state index in [2.05, 4.69) is 4.98 Å². The molecule has 2 N–H and O–H groups in total. The van der Waals surface area contributed by atoms with Gasteiger partial charge in [-0.15, -0.1) is 11.3 Å². The number of anilines is 2. The molecule has 0 aliphatic rings. The van der Waals surface area contributed by atoms with E-state index >= 15 is 0 Å². The number of carbonyl (C=O) groups excluding carboxylic acids is 1. The molecule has 0 radical (unpaired) electrons. The summed E-state index contributed by atoms with van der Waals surface area (Å²) < 4.78 is 5.22. The SMILES string of the molecule is Cc1nc(COC(=O)c2ccc(N(C)C)c(N)c2)cs1. The number of benzene rings is 1. The average molecular weight is 291 g/mol. The minimum Gasteiger partial charge on any atom is -0.456 e. The van der Waals surface area contributed by atoms with Crippen LogP contribution in [0.3, 0.4) is 0 Å². The van der Waals surface area contributed by atoms with Crippen LogP contribution in [0, 0.1) is 6.92 Å². The fourth-order valence-electron chi connectivity index (χ4n) is 1.79. The van der Waals surface area contributed by atoms with Gasteiger partial charge < -0.3 is 15.4 Å². The number of carbonyl (C=O) groups is 1. The zero-order valence-corrected chi connectivity index (χ0v) is 12.5. The number of hydrogen-bond acceptors (Lipinski definition) is 6. The first-order valence-corrected chi connectivity index (χ1v) is 7.00. The van der Waals surface area contributed by atoms with E-state index in [0.717, 1.165) is 16.4 Å². The molecule has 0 atom stereocenters. The van der Waals surface area contributed by atoms with E-state index in [9.17, 15) is 4.79 Å². The van der Waals surface area contributed by atoms with Gasteiger partial charge in [-0.1, -0.05) is 0 Å². The van der Waals surface area contributed by atoms with Gasteiger partial charge in [0, 0.05) is 19.5 Å². The second kappa shape index (κ2) is 5.92. The van der Waals surface area contributed by atoms with Gasteiger partial charge >= 0.3 is 5.97 Å². The van der Waals surface area contributed by atoms with Crippen molar-refractivity contribution in [3.63, 3.8) is 0 Å². The van der Waals surface area contributed by atoms with Gasteiger partial charge in [0.2, 0.25) is 0 Å². The molecule has 1 aromatic heterocycles. The smallest absolute Gasteiger partial charge is 0.338 e. The van der Waals surface area contributed by atoms with Crippen molar-refractivity contribution in [2.24, 2.45) is 0 Å². The molecular weight excluding hydrogens is 274 g/mol. The summed E-state index contributed by atoms with van der Waals surface area (Å²) in [6, 6.07) is 5.14. The summed E-state index contributed by atoms with van der Waals surface area (Å²) in [4.78, 5) is 18.1. The summed E-state index contributed by atoms with van der Waals surface area (Å²) >= 11 is 1.53. The number of hydrogen-bond donors (Lipinski definition) is 1. The fourth-order valence-corrected chi connectivity index (χ4v) is 2.38. The molecule has 0 aliphatic carbocycles. The molecule has 2 rings (SSSR count). The number of aromatic nitrogens is 1. The zero-order valence-electron chi connectivity index (χ0n) is 11.7. The number of rotatable bonds is 4. The normalized spacial score (nSPS) is 10.3. The first kappa shape index (κ1) is 14.3. The zero-order chi connectivity index (χ0) is 14.7. The highest BCUT2D eigenvalue weighted by Crippen LogP contribution is 2.22. The number of aryl methyl sites for hydroxylation is 1. The minimum atomic E-state index is -0.396. The molecule has 5 nitrogen and oxygen atoms in total. The van der Waals surface area contributed by atoms with Gasteiger partial charge in [-0.3, -0.25) is 0 Å². The molecular formula is C14H17N3O2S. The molecule has 0 bridgehead atoms. The molecule has 0 saturated carbocycles. The van der Waals surface area contributed by atoms with E-state index < -0.39 is 5.97 Å². The molecule has 0 saturated heterocycles. The maximum Gasteiger partial charge on any atom is 0.338 e. The largest absolute Gasteiger partial charge is 0.456 e. The molecule has 0 spiro atoms. The summed E-state index contributed by atoms with van der Waals surface area (Å²) in [7, 11) is 3.79. The lowest BCUT2D eigenvalue weighted by atomic mass is 10.1. The van der Waals surface area contributed by atoms with E-state index in [1.807, 2.05) is 31.3 Å². The summed E-state index contributed by atoms with van der Waals surface area (Å²) in [5.41, 5.74) is 8.54. The van der Waals surface area contributed by atoms with Crippen molar-refractivity contribution in [1.82, 2.24) is 4.98 Å². The van der Waals surface area contributed by atoms with Crippen LogP contribution in [0.1, 0.15) is 21.1 Å². The van der Waals surface area contributed by atoms with E-state index in [1.54, 1.807) is 18.2 Å². The maximum absolute atomic E-state index is 11.9. The van der Waals surface area contributed by atoms with Crippen LogP contribution in [0.25, 0.3) is 0 Å². The Bertz CT molecular complexity index is 623. The van der Waals surface area contributed by atoms with Crippen molar-refractivity contribution in [2.45, 2.75) is 13.5 Å². The lowest BCUT2D eigenvalue weighted by Crippen LogP contribution is -2.12. The third kappa shape index (κ3) is 3.27. The van der Waals surface area contributed by atoms with Crippen molar-refractivity contribution in [1.29, 1.82) is 0 Å². The van der Waals surface area contributed by atoms with Crippen molar-refractivity contribution < 1.29 is 9.53 Å². The number of nitrogen functional groups attached to an aromatic ring is 1. The van der Waals surface area contributed by atoms with Gasteiger partial charge in [-0.2, -0.15) is 0 Å². The molecule has 1 aromatic carbocycles. The third-order valence-electron chi connectivity index (χ3n) is 2.76. The summed E-state index contributed by atoms with van der Waals surface area (Å²) in [6.07, 6.45) is 0. The summed E-state index contributed by atoms with van der Waals surface area (Å²) in [5.74, 6) is -0.396. The highest BCUT2D eigenvalue weighted by molar-refractivity contribution is 7.09. The summed E-state index contributed by atoms with van der Waals surface area (Å²) in [6.45, 7) is 2.09. The number of nitrogens with two attached hydrogens (primary N) is 1. The van der Waals surface area contributed by atoms with E-state index in [0.29, 0.717) is 11.3 Å². The Kier molecular flexibility index (Phi) is 4.24. The highest BCUT2D eigenvalue weighted by Gasteiger charge is 2.11. The Labute approximate surface area is 122 Å². The lowest BCUT2D eigenvalue weighted by molar-refractivity contribution is 0.0468. The Morgan fingerprint density at radius 1 is 1.45 bits per heavy atom. The van der Waals surface area contributed by atoms with Crippen LogP contribution in [0.5, 0.6) is 0 Å². The standard InChI is InChI=1S/C14H17N3O2S/c1-9-16-11(8-20-9)7-19-14(18)10-4-5-13(17(2)3)12(15)6-10/h4-6,8H,7,15H2,1-3H3. The van der Waals surface area contributed by atoms with E-state index in [-0.39, 0.29) is 6.61 Å². The van der Waals surface area contributed by atoms with Crippen molar-refractivity contribution in [2.75, 3.05) is 24.7 Å². The monoisotopic (exact) mass is 291 g/mol. The fraction of sp³-hybridized carbons (Fsp3) is 0.286. The van der Waals surface area contributed by atoms with Gasteiger partial charge in [-0.05, 0) is 25.1 Å². The van der Waals surface area contributed by atoms with Crippen molar-refractivity contribution in [3.8, 4) is 0 Å². The molecule has 0 fully saturated rings. The van der Waals surface area contributed by atoms with Crippen LogP contribution in [0.4, 0.5) is 11.4 Å². The first-order chi connectivity index (χ1) is 9.47. The van der Waals surface area contributed by atoms with Crippen LogP contribution in [0.2, 0.25) is 0 Å². The predicted molar refractivity (Wildman–Crippen MR) is 81.2 cm³/mol. The Hall–Kier alpha value is -2.08. The number of ether oxygens (including phenoxy) is 1. The van der Waals surface area contributed by atoms with Gasteiger partial charge in [0.1, 0.15) is 6.61 Å². The quantitative estimate of drug-likeness (QED) is 0.692. The second-order valence-corrected chi connectivity index (χ2v) is 5.66. The van der Waals surface area contributed by atoms with Gasteiger partial charge in [0.15, 0.2) is 0 Å². The molecule has 2 aromatic rings. The second-order valence-electron chi connectivity index (χ2n) is 4.60. The number of esters is 1.